The molecular formula is C27H22. The molecule has 0 heterocycles. The van der Waals surface area contributed by atoms with Crippen LogP contribution >= 0.6 is 0 Å². The molecule has 0 radical (unpaired) electrons. The van der Waals surface area contributed by atoms with Gasteiger partial charge >= 0.3 is 0 Å². The molecule has 27 heavy (non-hydrogen) atoms. The number of rotatable bonds is 1. The fourth-order valence-corrected chi connectivity index (χ4v) is 4.54. The first-order valence-electron chi connectivity index (χ1n) is 9.54. The summed E-state index contributed by atoms with van der Waals surface area (Å²) in [6.45, 7) is 6.62. The zero-order valence-electron chi connectivity index (χ0n) is 16.0. The summed E-state index contributed by atoms with van der Waals surface area (Å²) >= 11 is 0. The van der Waals surface area contributed by atoms with Crippen molar-refractivity contribution < 1.29 is 0 Å². The molecule has 0 spiro atoms. The highest BCUT2D eigenvalue weighted by Crippen LogP contribution is 2.36. The SMILES string of the molecule is Cc1cc(C)c(-c2cccc3cc4cc5ccccc5cc4cc23)c(C)c1. The van der Waals surface area contributed by atoms with Gasteiger partial charge in [0.1, 0.15) is 0 Å². The average Bonchev–Trinajstić information content (AvgIpc) is 2.64. The van der Waals surface area contributed by atoms with Crippen molar-refractivity contribution in [2.75, 3.05) is 0 Å². The van der Waals surface area contributed by atoms with Crippen LogP contribution in [0.4, 0.5) is 0 Å². The van der Waals surface area contributed by atoms with E-state index in [-0.39, 0.29) is 0 Å². The molecule has 0 heteroatoms. The summed E-state index contributed by atoms with van der Waals surface area (Å²) in [4.78, 5) is 0. The Labute approximate surface area is 160 Å². The molecule has 130 valence electrons. The lowest BCUT2D eigenvalue weighted by Crippen LogP contribution is -1.91. The molecule has 5 rings (SSSR count). The first-order valence-corrected chi connectivity index (χ1v) is 9.54. The normalized spacial score (nSPS) is 11.5. The molecule has 0 saturated carbocycles. The van der Waals surface area contributed by atoms with Gasteiger partial charge in [0.15, 0.2) is 0 Å². The number of aryl methyl sites for hydroxylation is 3. The average molecular weight is 346 g/mol. The Balaban J connectivity index is 1.86. The van der Waals surface area contributed by atoms with Gasteiger partial charge in [-0.3, -0.25) is 0 Å². The summed E-state index contributed by atoms with van der Waals surface area (Å²) in [5.41, 5.74) is 6.71. The number of hydrogen-bond acceptors (Lipinski definition) is 0. The van der Waals surface area contributed by atoms with E-state index >= 15 is 0 Å². The van der Waals surface area contributed by atoms with Gasteiger partial charge in [0.25, 0.3) is 0 Å². The zero-order valence-corrected chi connectivity index (χ0v) is 16.0. The fraction of sp³-hybridized carbons (Fsp3) is 0.111. The molecule has 5 aromatic rings. The van der Waals surface area contributed by atoms with Gasteiger partial charge in [0.05, 0.1) is 0 Å². The van der Waals surface area contributed by atoms with Crippen LogP contribution in [0.1, 0.15) is 16.7 Å². The Bertz CT molecular complexity index is 1320. The molecule has 0 amide bonds. The lowest BCUT2D eigenvalue weighted by Gasteiger charge is -2.15. The maximum atomic E-state index is 2.37. The fourth-order valence-electron chi connectivity index (χ4n) is 4.54. The summed E-state index contributed by atoms with van der Waals surface area (Å²) in [6, 6.07) is 29.2. The second kappa shape index (κ2) is 5.96. The van der Waals surface area contributed by atoms with E-state index in [2.05, 4.69) is 99.6 Å². The van der Waals surface area contributed by atoms with Crippen molar-refractivity contribution in [3.63, 3.8) is 0 Å². The summed E-state index contributed by atoms with van der Waals surface area (Å²) in [7, 11) is 0. The van der Waals surface area contributed by atoms with Gasteiger partial charge < -0.3 is 0 Å². The Morgan fingerprint density at radius 1 is 0.481 bits per heavy atom. The summed E-state index contributed by atoms with van der Waals surface area (Å²) in [6.07, 6.45) is 0. The molecule has 0 saturated heterocycles. The molecule has 5 aromatic carbocycles. The van der Waals surface area contributed by atoms with Crippen molar-refractivity contribution in [1.29, 1.82) is 0 Å². The topological polar surface area (TPSA) is 0 Å². The number of benzene rings is 5. The molecule has 0 aliphatic heterocycles. The molecule has 0 nitrogen and oxygen atoms in total. The van der Waals surface area contributed by atoms with Crippen LogP contribution in [0.15, 0.2) is 78.9 Å². The predicted molar refractivity (Wildman–Crippen MR) is 119 cm³/mol. The molecule has 0 unspecified atom stereocenters. The van der Waals surface area contributed by atoms with Gasteiger partial charge in [0.2, 0.25) is 0 Å². The first kappa shape index (κ1) is 16.1. The predicted octanol–water partition coefficient (Wildman–Crippen LogP) is 7.74. The van der Waals surface area contributed by atoms with Crippen molar-refractivity contribution in [3.05, 3.63) is 95.6 Å². The van der Waals surface area contributed by atoms with Gasteiger partial charge in [0, 0.05) is 0 Å². The highest BCUT2D eigenvalue weighted by molar-refractivity contribution is 6.08. The van der Waals surface area contributed by atoms with Gasteiger partial charge in [-0.15, -0.1) is 0 Å². The highest BCUT2D eigenvalue weighted by atomic mass is 14.1. The minimum atomic E-state index is 1.30. The number of fused-ring (bicyclic) bond motifs is 3. The van der Waals surface area contributed by atoms with E-state index in [1.165, 1.54) is 60.1 Å². The Morgan fingerprint density at radius 3 is 1.70 bits per heavy atom. The molecule has 0 bridgehead atoms. The van der Waals surface area contributed by atoms with E-state index in [1.54, 1.807) is 0 Å². The highest BCUT2D eigenvalue weighted by Gasteiger charge is 2.11. The maximum absolute atomic E-state index is 2.37. The van der Waals surface area contributed by atoms with E-state index in [4.69, 9.17) is 0 Å². The van der Waals surface area contributed by atoms with Crippen molar-refractivity contribution in [1.82, 2.24) is 0 Å². The van der Waals surface area contributed by atoms with Crippen LogP contribution in [0.2, 0.25) is 0 Å². The van der Waals surface area contributed by atoms with E-state index < -0.39 is 0 Å². The van der Waals surface area contributed by atoms with Gasteiger partial charge in [-0.25, -0.2) is 0 Å². The molecule has 0 aliphatic carbocycles. The van der Waals surface area contributed by atoms with E-state index in [1.807, 2.05) is 0 Å². The third kappa shape index (κ3) is 2.61. The Morgan fingerprint density at radius 2 is 1.04 bits per heavy atom. The molecule has 0 aliphatic rings. The lowest BCUT2D eigenvalue weighted by molar-refractivity contribution is 1.32. The van der Waals surface area contributed by atoms with E-state index in [0.29, 0.717) is 0 Å². The van der Waals surface area contributed by atoms with Gasteiger partial charge in [-0.2, -0.15) is 0 Å². The quantitative estimate of drug-likeness (QED) is 0.272. The minimum absolute atomic E-state index is 1.30. The maximum Gasteiger partial charge on any atom is -0.00988 e. The zero-order chi connectivity index (χ0) is 18.5. The van der Waals surface area contributed by atoms with Crippen LogP contribution in [-0.4, -0.2) is 0 Å². The van der Waals surface area contributed by atoms with Gasteiger partial charge in [-0.1, -0.05) is 60.2 Å². The Hall–Kier alpha value is -3.12. The molecule has 0 N–H and O–H groups in total. The second-order valence-electron chi connectivity index (χ2n) is 7.70. The second-order valence-corrected chi connectivity index (χ2v) is 7.70. The standard InChI is InChI=1S/C27H22/c1-17-11-18(2)27(19(3)12-17)25-10-6-9-22-15-23-13-20-7-4-5-8-21(20)14-24(23)16-26(22)25/h4-16H,1-3H3. The van der Waals surface area contributed by atoms with Crippen LogP contribution in [0.3, 0.4) is 0 Å². The van der Waals surface area contributed by atoms with E-state index in [9.17, 15) is 0 Å². The third-order valence-corrected chi connectivity index (χ3v) is 5.65. The molecule has 0 fully saturated rings. The monoisotopic (exact) mass is 346 g/mol. The first-order chi connectivity index (χ1) is 13.1. The van der Waals surface area contributed by atoms with Crippen molar-refractivity contribution >= 4 is 32.3 Å². The van der Waals surface area contributed by atoms with Crippen molar-refractivity contribution in [3.8, 4) is 11.1 Å². The summed E-state index contributed by atoms with van der Waals surface area (Å²) in [5, 5.41) is 7.83. The van der Waals surface area contributed by atoms with Crippen LogP contribution in [0, 0.1) is 20.8 Å². The lowest BCUT2D eigenvalue weighted by atomic mass is 9.89. The molecule has 0 atom stereocenters. The van der Waals surface area contributed by atoms with Crippen molar-refractivity contribution in [2.45, 2.75) is 20.8 Å². The number of hydrogen-bond donors (Lipinski definition) is 0. The van der Waals surface area contributed by atoms with Crippen LogP contribution in [0.5, 0.6) is 0 Å². The Kier molecular flexibility index (Phi) is 3.55. The summed E-state index contributed by atoms with van der Waals surface area (Å²) in [5.74, 6) is 0. The summed E-state index contributed by atoms with van der Waals surface area (Å²) < 4.78 is 0. The van der Waals surface area contributed by atoms with Crippen LogP contribution in [-0.2, 0) is 0 Å². The third-order valence-electron chi connectivity index (χ3n) is 5.65. The molecular weight excluding hydrogens is 324 g/mol. The van der Waals surface area contributed by atoms with Gasteiger partial charge in [-0.05, 0) is 99.6 Å². The minimum Gasteiger partial charge on any atom is -0.0616 e. The largest absolute Gasteiger partial charge is 0.0616 e. The molecule has 0 aromatic heterocycles. The van der Waals surface area contributed by atoms with E-state index in [0.717, 1.165) is 0 Å². The van der Waals surface area contributed by atoms with Crippen molar-refractivity contribution in [2.24, 2.45) is 0 Å². The smallest absolute Gasteiger partial charge is 0.00988 e. The van der Waals surface area contributed by atoms with Crippen LogP contribution < -0.4 is 0 Å². The van der Waals surface area contributed by atoms with Crippen LogP contribution in [0.25, 0.3) is 43.4 Å².